The van der Waals surface area contributed by atoms with Crippen molar-refractivity contribution in [1.29, 1.82) is 0 Å². The molecule has 1 atom stereocenters. The summed E-state index contributed by atoms with van der Waals surface area (Å²) in [5.41, 5.74) is -0.363. The number of aliphatic hydroxyl groups excluding tert-OH is 1. The van der Waals surface area contributed by atoms with Crippen molar-refractivity contribution in [3.63, 3.8) is 0 Å². The molecule has 0 amide bonds. The van der Waals surface area contributed by atoms with Crippen molar-refractivity contribution in [1.82, 2.24) is 9.55 Å². The van der Waals surface area contributed by atoms with Crippen LogP contribution in [0.4, 0.5) is 0 Å². The monoisotopic (exact) mass is 370 g/mol. The molecule has 0 aliphatic carbocycles. The number of aromatic amines is 1. The number of para-hydroxylation sites is 1. The molecule has 140 valence electrons. The van der Waals surface area contributed by atoms with Gasteiger partial charge in [0, 0.05) is 5.56 Å². The van der Waals surface area contributed by atoms with E-state index in [9.17, 15) is 19.5 Å². The second-order valence-corrected chi connectivity index (χ2v) is 5.86. The summed E-state index contributed by atoms with van der Waals surface area (Å²) < 4.78 is 10.8. The SMILES string of the molecule is COC(=O)c1ccc2c(=O)n(C[C@@H](O)c3ccccc3OC)c(=O)[nH]c2c1. The number of aromatic nitrogens is 2. The number of hydrogen-bond acceptors (Lipinski definition) is 6. The van der Waals surface area contributed by atoms with Gasteiger partial charge in [-0.3, -0.25) is 9.36 Å². The zero-order valence-corrected chi connectivity index (χ0v) is 14.8. The standard InChI is InChI=1S/C19H18N2O6/c1-26-16-6-4-3-5-13(16)15(22)10-21-17(23)12-8-7-11(18(24)27-2)9-14(12)20-19(21)25/h3-9,15,22H,10H2,1-2H3,(H,20,25)/t15-/m1/s1. The number of esters is 1. The van der Waals surface area contributed by atoms with E-state index in [1.807, 2.05) is 0 Å². The van der Waals surface area contributed by atoms with Crippen LogP contribution >= 0.6 is 0 Å². The fraction of sp³-hybridized carbons (Fsp3) is 0.211. The highest BCUT2D eigenvalue weighted by molar-refractivity contribution is 5.93. The summed E-state index contributed by atoms with van der Waals surface area (Å²) in [6, 6.07) is 11.1. The Balaban J connectivity index is 2.04. The quantitative estimate of drug-likeness (QED) is 0.654. The van der Waals surface area contributed by atoms with Gasteiger partial charge in [0.15, 0.2) is 0 Å². The number of H-pyrrole nitrogens is 1. The number of nitrogens with zero attached hydrogens (tertiary/aromatic N) is 1. The van der Waals surface area contributed by atoms with E-state index in [4.69, 9.17) is 4.74 Å². The second kappa shape index (κ2) is 7.46. The van der Waals surface area contributed by atoms with Crippen LogP contribution in [0.2, 0.25) is 0 Å². The van der Waals surface area contributed by atoms with E-state index in [1.54, 1.807) is 24.3 Å². The smallest absolute Gasteiger partial charge is 0.337 e. The maximum absolute atomic E-state index is 12.7. The maximum atomic E-state index is 12.7. The Labute approximate surface area is 153 Å². The van der Waals surface area contributed by atoms with Crippen LogP contribution in [-0.2, 0) is 11.3 Å². The largest absolute Gasteiger partial charge is 0.496 e. The number of ether oxygens (including phenoxy) is 2. The van der Waals surface area contributed by atoms with E-state index < -0.39 is 23.3 Å². The van der Waals surface area contributed by atoms with Gasteiger partial charge in [-0.2, -0.15) is 0 Å². The number of fused-ring (bicyclic) bond motifs is 1. The Morgan fingerprint density at radius 3 is 2.63 bits per heavy atom. The molecule has 8 nitrogen and oxygen atoms in total. The van der Waals surface area contributed by atoms with E-state index in [1.165, 1.54) is 32.4 Å². The topological polar surface area (TPSA) is 111 Å². The third-order valence-electron chi connectivity index (χ3n) is 4.26. The molecular formula is C19H18N2O6. The van der Waals surface area contributed by atoms with Gasteiger partial charge in [-0.15, -0.1) is 0 Å². The van der Waals surface area contributed by atoms with Gasteiger partial charge in [0.1, 0.15) is 11.9 Å². The molecule has 2 N–H and O–H groups in total. The number of nitrogens with one attached hydrogen (secondary N) is 1. The molecule has 0 spiro atoms. The van der Waals surface area contributed by atoms with Gasteiger partial charge in [0.2, 0.25) is 0 Å². The summed E-state index contributed by atoms with van der Waals surface area (Å²) in [7, 11) is 2.71. The highest BCUT2D eigenvalue weighted by atomic mass is 16.5. The molecule has 0 aliphatic rings. The van der Waals surface area contributed by atoms with Crippen molar-refractivity contribution in [2.45, 2.75) is 12.6 Å². The highest BCUT2D eigenvalue weighted by Gasteiger charge is 2.17. The van der Waals surface area contributed by atoms with E-state index in [0.29, 0.717) is 11.3 Å². The van der Waals surface area contributed by atoms with Gasteiger partial charge in [0.25, 0.3) is 5.56 Å². The van der Waals surface area contributed by atoms with Crippen molar-refractivity contribution in [2.24, 2.45) is 0 Å². The van der Waals surface area contributed by atoms with Crippen LogP contribution in [0, 0.1) is 0 Å². The van der Waals surface area contributed by atoms with Crippen LogP contribution in [0.25, 0.3) is 10.9 Å². The van der Waals surface area contributed by atoms with Crippen LogP contribution in [-0.4, -0.2) is 34.8 Å². The molecule has 0 aliphatic heterocycles. The summed E-state index contributed by atoms with van der Waals surface area (Å²) in [4.78, 5) is 39.3. The lowest BCUT2D eigenvalue weighted by Gasteiger charge is -2.15. The molecule has 3 rings (SSSR count). The van der Waals surface area contributed by atoms with Crippen LogP contribution in [0.5, 0.6) is 5.75 Å². The summed E-state index contributed by atoms with van der Waals surface area (Å²) in [6.07, 6.45) is -1.12. The Morgan fingerprint density at radius 2 is 1.93 bits per heavy atom. The Kier molecular flexibility index (Phi) is 5.09. The summed E-state index contributed by atoms with van der Waals surface area (Å²) in [5.74, 6) is -0.119. The lowest BCUT2D eigenvalue weighted by atomic mass is 10.1. The molecule has 0 saturated heterocycles. The van der Waals surface area contributed by atoms with Gasteiger partial charge < -0.3 is 19.6 Å². The molecule has 1 aromatic heterocycles. The molecule has 27 heavy (non-hydrogen) atoms. The molecule has 1 heterocycles. The fourth-order valence-corrected chi connectivity index (χ4v) is 2.88. The number of hydrogen-bond donors (Lipinski definition) is 2. The molecule has 0 radical (unpaired) electrons. The summed E-state index contributed by atoms with van der Waals surface area (Å²) in [6.45, 7) is -0.247. The molecule has 0 bridgehead atoms. The Hall–Kier alpha value is -3.39. The number of carbonyl (C=O) groups is 1. The van der Waals surface area contributed by atoms with Gasteiger partial charge in [-0.05, 0) is 24.3 Å². The average molecular weight is 370 g/mol. The number of aliphatic hydroxyl groups is 1. The van der Waals surface area contributed by atoms with Crippen LogP contribution in [0.3, 0.4) is 0 Å². The average Bonchev–Trinajstić information content (AvgIpc) is 2.69. The van der Waals surface area contributed by atoms with Crippen LogP contribution in [0.1, 0.15) is 22.0 Å². The first-order valence-electron chi connectivity index (χ1n) is 8.12. The molecule has 0 fully saturated rings. The van der Waals surface area contributed by atoms with Gasteiger partial charge >= 0.3 is 11.7 Å². The number of carbonyl (C=O) groups excluding carboxylic acids is 1. The van der Waals surface area contributed by atoms with Gasteiger partial charge in [-0.1, -0.05) is 18.2 Å². The maximum Gasteiger partial charge on any atom is 0.337 e. The van der Waals surface area contributed by atoms with E-state index in [-0.39, 0.29) is 23.0 Å². The number of benzene rings is 2. The minimum Gasteiger partial charge on any atom is -0.496 e. The Bertz CT molecular complexity index is 1120. The molecule has 3 aromatic rings. The van der Waals surface area contributed by atoms with Crippen molar-refractivity contribution in [2.75, 3.05) is 14.2 Å². The van der Waals surface area contributed by atoms with Crippen molar-refractivity contribution in [3.05, 3.63) is 74.4 Å². The van der Waals surface area contributed by atoms with E-state index in [2.05, 4.69) is 9.72 Å². The summed E-state index contributed by atoms with van der Waals surface area (Å²) >= 11 is 0. The molecular weight excluding hydrogens is 352 g/mol. The number of rotatable bonds is 5. The Morgan fingerprint density at radius 1 is 1.19 bits per heavy atom. The first-order chi connectivity index (χ1) is 13.0. The zero-order valence-electron chi connectivity index (χ0n) is 14.8. The lowest BCUT2D eigenvalue weighted by Crippen LogP contribution is -2.36. The zero-order chi connectivity index (χ0) is 19.6. The minimum absolute atomic E-state index is 0.215. The normalized spacial score (nSPS) is 12.0. The number of methoxy groups -OCH3 is 2. The molecule has 0 unspecified atom stereocenters. The minimum atomic E-state index is -1.12. The van der Waals surface area contributed by atoms with Crippen molar-refractivity contribution >= 4 is 16.9 Å². The van der Waals surface area contributed by atoms with E-state index >= 15 is 0 Å². The lowest BCUT2D eigenvalue weighted by molar-refractivity contribution is 0.0601. The van der Waals surface area contributed by atoms with Gasteiger partial charge in [0.05, 0.1) is 37.2 Å². The third-order valence-corrected chi connectivity index (χ3v) is 4.26. The van der Waals surface area contributed by atoms with Crippen LogP contribution in [0.15, 0.2) is 52.1 Å². The van der Waals surface area contributed by atoms with Crippen LogP contribution < -0.4 is 16.0 Å². The third kappa shape index (κ3) is 3.47. The van der Waals surface area contributed by atoms with E-state index in [0.717, 1.165) is 4.57 Å². The fourth-order valence-electron chi connectivity index (χ4n) is 2.88. The second-order valence-electron chi connectivity index (χ2n) is 5.86. The predicted molar refractivity (Wildman–Crippen MR) is 98.1 cm³/mol. The first kappa shape index (κ1) is 18.4. The first-order valence-corrected chi connectivity index (χ1v) is 8.12. The van der Waals surface area contributed by atoms with Crippen molar-refractivity contribution < 1.29 is 19.4 Å². The summed E-state index contributed by atoms with van der Waals surface area (Å²) in [5, 5.41) is 10.7. The molecule has 2 aromatic carbocycles. The highest BCUT2D eigenvalue weighted by Crippen LogP contribution is 2.25. The van der Waals surface area contributed by atoms with Crippen molar-refractivity contribution in [3.8, 4) is 5.75 Å². The van der Waals surface area contributed by atoms with Gasteiger partial charge in [-0.25, -0.2) is 9.59 Å². The predicted octanol–water partition coefficient (Wildman–Crippen LogP) is 1.22. The molecule has 8 heteroatoms. The molecule has 0 saturated carbocycles.